The molecule has 1 heterocycles. The summed E-state index contributed by atoms with van der Waals surface area (Å²) in [5.74, 6) is 0.552. The lowest BCUT2D eigenvalue weighted by molar-refractivity contribution is -0.132. The molecule has 1 aliphatic heterocycles. The fraction of sp³-hybridized carbons (Fsp3) is 0.923. The molecule has 0 radical (unpaired) electrons. The summed E-state index contributed by atoms with van der Waals surface area (Å²) in [4.78, 5) is 14.0. The van der Waals surface area contributed by atoms with Gasteiger partial charge in [-0.15, -0.1) is 0 Å². The molecular weight excluding hydrogens is 232 g/mol. The third-order valence-corrected chi connectivity index (χ3v) is 3.22. The van der Waals surface area contributed by atoms with Crippen molar-refractivity contribution in [3.63, 3.8) is 0 Å². The lowest BCUT2D eigenvalue weighted by atomic mass is 10.1. The number of carbonyl (C=O) groups is 1. The van der Waals surface area contributed by atoms with Gasteiger partial charge in [0, 0.05) is 19.7 Å². The van der Waals surface area contributed by atoms with Gasteiger partial charge in [-0.1, -0.05) is 0 Å². The van der Waals surface area contributed by atoms with E-state index in [0.717, 1.165) is 26.1 Å². The molecule has 0 aromatic carbocycles. The summed E-state index contributed by atoms with van der Waals surface area (Å²) in [5.41, 5.74) is 0. The number of hydrogen-bond donors (Lipinski definition) is 1. The van der Waals surface area contributed by atoms with Crippen LogP contribution < -0.4 is 5.32 Å². The first-order valence-corrected chi connectivity index (χ1v) is 6.79. The molecule has 2 unspecified atom stereocenters. The molecule has 0 saturated carbocycles. The van der Waals surface area contributed by atoms with Crippen LogP contribution in [0.25, 0.3) is 0 Å². The van der Waals surface area contributed by atoms with E-state index in [4.69, 9.17) is 9.47 Å². The summed E-state index contributed by atoms with van der Waals surface area (Å²) < 4.78 is 10.5. The van der Waals surface area contributed by atoms with E-state index < -0.39 is 6.10 Å². The summed E-state index contributed by atoms with van der Waals surface area (Å²) in [6.45, 7) is 8.36. The van der Waals surface area contributed by atoms with Gasteiger partial charge in [0.05, 0.1) is 13.2 Å². The maximum absolute atomic E-state index is 11.8. The smallest absolute Gasteiger partial charge is 0.248 e. The zero-order valence-electron chi connectivity index (χ0n) is 11.8. The molecule has 5 nitrogen and oxygen atoms in total. The molecule has 1 aliphatic rings. The number of hydrogen-bond acceptors (Lipinski definition) is 4. The average molecular weight is 258 g/mol. The number of ether oxygens (including phenoxy) is 2. The molecule has 1 amide bonds. The summed E-state index contributed by atoms with van der Waals surface area (Å²) in [5, 5.41) is 2.95. The van der Waals surface area contributed by atoms with Crippen molar-refractivity contribution in [1.29, 1.82) is 0 Å². The van der Waals surface area contributed by atoms with Crippen LogP contribution in [0.5, 0.6) is 0 Å². The molecule has 5 heteroatoms. The summed E-state index contributed by atoms with van der Waals surface area (Å²) >= 11 is 0. The van der Waals surface area contributed by atoms with Crippen molar-refractivity contribution in [3.8, 4) is 0 Å². The minimum Gasteiger partial charge on any atom is -0.379 e. The Balaban J connectivity index is 2.08. The Hall–Kier alpha value is -0.650. The summed E-state index contributed by atoms with van der Waals surface area (Å²) in [6.07, 6.45) is 0.765. The molecule has 0 bridgehead atoms. The predicted molar refractivity (Wildman–Crippen MR) is 70.5 cm³/mol. The molecule has 18 heavy (non-hydrogen) atoms. The van der Waals surface area contributed by atoms with Gasteiger partial charge in [-0.05, 0) is 39.8 Å². The third-order valence-electron chi connectivity index (χ3n) is 3.22. The first kappa shape index (κ1) is 15.4. The van der Waals surface area contributed by atoms with Crippen molar-refractivity contribution in [1.82, 2.24) is 10.2 Å². The Labute approximate surface area is 110 Å². The molecule has 0 aliphatic carbocycles. The monoisotopic (exact) mass is 258 g/mol. The van der Waals surface area contributed by atoms with Crippen molar-refractivity contribution in [2.24, 2.45) is 5.92 Å². The number of rotatable bonds is 8. The van der Waals surface area contributed by atoms with E-state index >= 15 is 0 Å². The van der Waals surface area contributed by atoms with E-state index in [-0.39, 0.29) is 5.91 Å². The van der Waals surface area contributed by atoms with Crippen LogP contribution in [0.1, 0.15) is 20.3 Å². The quantitative estimate of drug-likeness (QED) is 0.644. The number of amides is 1. The van der Waals surface area contributed by atoms with Gasteiger partial charge in [0.2, 0.25) is 5.91 Å². The Morgan fingerprint density at radius 3 is 2.89 bits per heavy atom. The molecule has 1 saturated heterocycles. The minimum atomic E-state index is -0.399. The maximum atomic E-state index is 11.8. The Bertz CT molecular complexity index is 248. The van der Waals surface area contributed by atoms with E-state index in [0.29, 0.717) is 25.7 Å². The standard InChI is InChI=1S/C13H26N2O3/c1-4-17-7-8-18-11(2)13(16)14-9-12-5-6-15(3)10-12/h11-12H,4-10H2,1-3H3,(H,14,16). The van der Waals surface area contributed by atoms with E-state index in [1.54, 1.807) is 6.92 Å². The van der Waals surface area contributed by atoms with E-state index in [2.05, 4.69) is 17.3 Å². The predicted octanol–water partition coefficient (Wildman–Crippen LogP) is 0.496. The molecule has 1 fully saturated rings. The van der Waals surface area contributed by atoms with E-state index in [1.165, 1.54) is 0 Å². The van der Waals surface area contributed by atoms with E-state index in [9.17, 15) is 4.79 Å². The topological polar surface area (TPSA) is 50.8 Å². The van der Waals surface area contributed by atoms with Crippen molar-refractivity contribution in [2.45, 2.75) is 26.4 Å². The number of nitrogens with zero attached hydrogens (tertiary/aromatic N) is 1. The normalized spacial score (nSPS) is 22.1. The summed E-state index contributed by atoms with van der Waals surface area (Å²) in [6, 6.07) is 0. The molecule has 0 spiro atoms. The van der Waals surface area contributed by atoms with Crippen molar-refractivity contribution < 1.29 is 14.3 Å². The Morgan fingerprint density at radius 2 is 2.28 bits per heavy atom. The second-order valence-electron chi connectivity index (χ2n) is 4.87. The van der Waals surface area contributed by atoms with Gasteiger partial charge in [-0.25, -0.2) is 0 Å². The largest absolute Gasteiger partial charge is 0.379 e. The van der Waals surface area contributed by atoms with E-state index in [1.807, 2.05) is 6.92 Å². The fourth-order valence-electron chi connectivity index (χ4n) is 2.09. The van der Waals surface area contributed by atoms with Crippen LogP contribution in [-0.2, 0) is 14.3 Å². The van der Waals surface area contributed by atoms with Crippen molar-refractivity contribution in [2.75, 3.05) is 46.5 Å². The molecule has 0 aromatic rings. The second kappa shape index (κ2) is 8.45. The van der Waals surface area contributed by atoms with Gasteiger partial charge in [0.15, 0.2) is 0 Å². The zero-order chi connectivity index (χ0) is 13.4. The molecule has 0 aromatic heterocycles. The van der Waals surface area contributed by atoms with Crippen molar-refractivity contribution >= 4 is 5.91 Å². The zero-order valence-corrected chi connectivity index (χ0v) is 11.8. The van der Waals surface area contributed by atoms with Gasteiger partial charge < -0.3 is 19.7 Å². The minimum absolute atomic E-state index is 0.0268. The molecular formula is C13H26N2O3. The highest BCUT2D eigenvalue weighted by molar-refractivity contribution is 5.80. The second-order valence-corrected chi connectivity index (χ2v) is 4.87. The number of likely N-dealkylation sites (tertiary alicyclic amines) is 1. The highest BCUT2D eigenvalue weighted by Crippen LogP contribution is 2.12. The maximum Gasteiger partial charge on any atom is 0.248 e. The summed E-state index contributed by atoms with van der Waals surface area (Å²) in [7, 11) is 2.11. The Morgan fingerprint density at radius 1 is 1.50 bits per heavy atom. The fourth-order valence-corrected chi connectivity index (χ4v) is 2.09. The highest BCUT2D eigenvalue weighted by Gasteiger charge is 2.21. The van der Waals surface area contributed by atoms with Gasteiger partial charge in [0.25, 0.3) is 0 Å². The molecule has 1 rings (SSSR count). The van der Waals surface area contributed by atoms with Crippen LogP contribution in [0.2, 0.25) is 0 Å². The Kier molecular flexibility index (Phi) is 7.23. The van der Waals surface area contributed by atoms with Gasteiger partial charge >= 0.3 is 0 Å². The number of carbonyl (C=O) groups excluding carboxylic acids is 1. The third kappa shape index (κ3) is 5.80. The van der Waals surface area contributed by atoms with Crippen molar-refractivity contribution in [3.05, 3.63) is 0 Å². The van der Waals surface area contributed by atoms with Crippen LogP contribution >= 0.6 is 0 Å². The van der Waals surface area contributed by atoms with Gasteiger partial charge in [0.1, 0.15) is 6.10 Å². The number of nitrogens with one attached hydrogen (secondary N) is 1. The lowest BCUT2D eigenvalue weighted by Crippen LogP contribution is -2.38. The van der Waals surface area contributed by atoms with Gasteiger partial charge in [-0.2, -0.15) is 0 Å². The van der Waals surface area contributed by atoms with Crippen LogP contribution in [-0.4, -0.2) is 63.4 Å². The van der Waals surface area contributed by atoms with Crippen LogP contribution in [0, 0.1) is 5.92 Å². The van der Waals surface area contributed by atoms with Crippen LogP contribution in [0.3, 0.4) is 0 Å². The van der Waals surface area contributed by atoms with Gasteiger partial charge in [-0.3, -0.25) is 4.79 Å². The first-order chi connectivity index (χ1) is 8.63. The molecule has 2 atom stereocenters. The SMILES string of the molecule is CCOCCOC(C)C(=O)NCC1CCN(C)C1. The molecule has 106 valence electrons. The lowest BCUT2D eigenvalue weighted by Gasteiger charge is -2.16. The first-order valence-electron chi connectivity index (χ1n) is 6.79. The van der Waals surface area contributed by atoms with Crippen LogP contribution in [0.4, 0.5) is 0 Å². The average Bonchev–Trinajstić information content (AvgIpc) is 2.77. The molecule has 1 N–H and O–H groups in total. The highest BCUT2D eigenvalue weighted by atomic mass is 16.5. The van der Waals surface area contributed by atoms with Crippen LogP contribution in [0.15, 0.2) is 0 Å².